The first-order chi connectivity index (χ1) is 12.8. The predicted molar refractivity (Wildman–Crippen MR) is 97.6 cm³/mol. The van der Waals surface area contributed by atoms with E-state index in [0.29, 0.717) is 16.2 Å². The predicted octanol–water partition coefficient (Wildman–Crippen LogP) is 2.53. The molecule has 1 aromatic carbocycles. The van der Waals surface area contributed by atoms with Crippen LogP contribution in [0.25, 0.3) is 10.2 Å². The van der Waals surface area contributed by atoms with Crippen molar-refractivity contribution in [2.45, 2.75) is 38.9 Å². The van der Waals surface area contributed by atoms with Crippen molar-refractivity contribution in [2.75, 3.05) is 12.0 Å². The zero-order chi connectivity index (χ0) is 19.1. The summed E-state index contributed by atoms with van der Waals surface area (Å²) in [7, 11) is 1.32. The van der Waals surface area contributed by atoms with Crippen molar-refractivity contribution in [3.05, 3.63) is 23.8 Å². The molecule has 3 aliphatic heterocycles. The normalized spacial score (nSPS) is 34.6. The van der Waals surface area contributed by atoms with Gasteiger partial charge in [-0.1, -0.05) is 11.3 Å². The summed E-state index contributed by atoms with van der Waals surface area (Å²) in [5.74, 6) is -0.924. The molecular formula is C19H18N2O5S. The molecule has 0 N–H and O–H groups in total. The van der Waals surface area contributed by atoms with Crippen LogP contribution in [0.5, 0.6) is 0 Å². The highest BCUT2D eigenvalue weighted by Crippen LogP contribution is 2.64. The maximum atomic E-state index is 13.3. The number of fused-ring (bicyclic) bond motifs is 6. The lowest BCUT2D eigenvalue weighted by molar-refractivity contribution is -0.132. The number of hydrogen-bond donors (Lipinski definition) is 0. The van der Waals surface area contributed by atoms with Crippen LogP contribution in [0.2, 0.25) is 0 Å². The number of imide groups is 1. The lowest BCUT2D eigenvalue weighted by atomic mass is 9.59. The van der Waals surface area contributed by atoms with Crippen LogP contribution in [-0.2, 0) is 19.1 Å². The summed E-state index contributed by atoms with van der Waals surface area (Å²) in [6, 6.07) is 4.99. The molecule has 2 aromatic rings. The Morgan fingerprint density at radius 3 is 2.44 bits per heavy atom. The molecule has 2 bridgehead atoms. The van der Waals surface area contributed by atoms with Crippen LogP contribution in [-0.4, -0.2) is 42.1 Å². The highest BCUT2D eigenvalue weighted by atomic mass is 32.1. The van der Waals surface area contributed by atoms with E-state index in [4.69, 9.17) is 9.47 Å². The van der Waals surface area contributed by atoms with E-state index in [1.807, 2.05) is 13.8 Å². The lowest BCUT2D eigenvalue weighted by Gasteiger charge is -2.36. The number of nitrogens with zero attached hydrogens (tertiary/aromatic N) is 2. The van der Waals surface area contributed by atoms with Crippen LogP contribution in [0.4, 0.5) is 5.13 Å². The number of esters is 1. The number of benzene rings is 1. The van der Waals surface area contributed by atoms with Gasteiger partial charge in [0, 0.05) is 0 Å². The van der Waals surface area contributed by atoms with Gasteiger partial charge >= 0.3 is 5.97 Å². The highest BCUT2D eigenvalue weighted by molar-refractivity contribution is 7.22. The summed E-state index contributed by atoms with van der Waals surface area (Å²) in [6.07, 6.45) is 1.14. The molecule has 0 aliphatic carbocycles. The smallest absolute Gasteiger partial charge is 0.337 e. The number of methoxy groups -OCH3 is 1. The van der Waals surface area contributed by atoms with Gasteiger partial charge in [-0.3, -0.25) is 9.59 Å². The number of rotatable bonds is 2. The van der Waals surface area contributed by atoms with Crippen LogP contribution in [0.3, 0.4) is 0 Å². The van der Waals surface area contributed by atoms with E-state index in [2.05, 4.69) is 4.98 Å². The lowest BCUT2D eigenvalue weighted by Crippen LogP contribution is -2.48. The van der Waals surface area contributed by atoms with Gasteiger partial charge in [-0.15, -0.1) is 0 Å². The van der Waals surface area contributed by atoms with Gasteiger partial charge in [0.15, 0.2) is 5.13 Å². The molecule has 140 valence electrons. The molecule has 7 nitrogen and oxygen atoms in total. The first kappa shape index (κ1) is 16.8. The number of carbonyl (C=O) groups is 3. The third-order valence-electron chi connectivity index (χ3n) is 6.67. The number of thiazole rings is 1. The molecule has 5 rings (SSSR count). The second-order valence-electron chi connectivity index (χ2n) is 7.71. The summed E-state index contributed by atoms with van der Waals surface area (Å²) in [6.45, 7) is 3.69. The molecular weight excluding hydrogens is 368 g/mol. The SMILES string of the molecule is COC(=O)c1ccc2nc(N3C(=O)C4(C)[C@H]5CC[C@H](O5)[C@]4(C)C3=O)sc2c1. The summed E-state index contributed by atoms with van der Waals surface area (Å²) in [5, 5.41) is 0.346. The van der Waals surface area contributed by atoms with Gasteiger partial charge in [0.05, 0.1) is 45.9 Å². The van der Waals surface area contributed by atoms with Crippen LogP contribution >= 0.6 is 11.3 Å². The van der Waals surface area contributed by atoms with Crippen LogP contribution in [0.1, 0.15) is 37.0 Å². The Balaban J connectivity index is 1.60. The van der Waals surface area contributed by atoms with Gasteiger partial charge < -0.3 is 9.47 Å². The summed E-state index contributed by atoms with van der Waals surface area (Å²) < 4.78 is 11.4. The van der Waals surface area contributed by atoms with E-state index in [-0.39, 0.29) is 24.0 Å². The molecule has 0 saturated carbocycles. The minimum Gasteiger partial charge on any atom is -0.465 e. The number of carbonyl (C=O) groups excluding carboxylic acids is 3. The molecule has 4 heterocycles. The van der Waals surface area contributed by atoms with Crippen molar-refractivity contribution in [3.63, 3.8) is 0 Å². The monoisotopic (exact) mass is 386 g/mol. The van der Waals surface area contributed by atoms with Crippen molar-refractivity contribution >= 4 is 44.5 Å². The quantitative estimate of drug-likeness (QED) is 0.582. The number of ether oxygens (including phenoxy) is 2. The molecule has 27 heavy (non-hydrogen) atoms. The number of amides is 2. The van der Waals surface area contributed by atoms with Gasteiger partial charge in [-0.25, -0.2) is 14.7 Å². The zero-order valence-electron chi connectivity index (χ0n) is 15.1. The molecule has 3 saturated heterocycles. The third-order valence-corrected chi connectivity index (χ3v) is 7.67. The van der Waals surface area contributed by atoms with Crippen molar-refractivity contribution in [1.29, 1.82) is 0 Å². The first-order valence-corrected chi connectivity index (χ1v) is 9.67. The van der Waals surface area contributed by atoms with Crippen LogP contribution in [0.15, 0.2) is 18.2 Å². The fourth-order valence-corrected chi connectivity index (χ4v) is 5.86. The second-order valence-corrected chi connectivity index (χ2v) is 8.72. The van der Waals surface area contributed by atoms with E-state index in [1.54, 1.807) is 18.2 Å². The first-order valence-electron chi connectivity index (χ1n) is 8.85. The Morgan fingerprint density at radius 2 is 1.85 bits per heavy atom. The summed E-state index contributed by atoms with van der Waals surface area (Å²) in [4.78, 5) is 44.1. The van der Waals surface area contributed by atoms with Crippen molar-refractivity contribution < 1.29 is 23.9 Å². The van der Waals surface area contributed by atoms with E-state index in [0.717, 1.165) is 17.5 Å². The standard InChI is InChI=1S/C19H18N2O5S/c1-18-12-6-7-13(26-12)19(18,2)16(24)21(15(18)23)17-20-10-5-4-9(14(22)25-3)8-11(10)27-17/h4-5,8,12-13H,6-7H2,1-3H3/t12-,13+,18+,19?/m0/s1. The molecule has 0 spiro atoms. The molecule has 3 fully saturated rings. The molecule has 1 aromatic heterocycles. The van der Waals surface area contributed by atoms with Gasteiger partial charge in [-0.2, -0.15) is 0 Å². The Hall–Kier alpha value is -2.32. The van der Waals surface area contributed by atoms with E-state index in [9.17, 15) is 14.4 Å². The highest BCUT2D eigenvalue weighted by Gasteiger charge is 2.77. The molecule has 4 atom stereocenters. The number of anilines is 1. The van der Waals surface area contributed by atoms with Gasteiger partial charge in [0.1, 0.15) is 0 Å². The average molecular weight is 386 g/mol. The van der Waals surface area contributed by atoms with E-state index < -0.39 is 16.8 Å². The third kappa shape index (κ3) is 1.80. The maximum Gasteiger partial charge on any atom is 0.337 e. The molecule has 3 aliphatic rings. The topological polar surface area (TPSA) is 85.8 Å². The van der Waals surface area contributed by atoms with Crippen molar-refractivity contribution in [1.82, 2.24) is 4.98 Å². The minimum absolute atomic E-state index is 0.228. The van der Waals surface area contributed by atoms with Crippen LogP contribution in [0, 0.1) is 10.8 Å². The Bertz CT molecular complexity index is 998. The average Bonchev–Trinajstić information content (AvgIpc) is 3.38. The van der Waals surface area contributed by atoms with E-state index in [1.165, 1.54) is 23.3 Å². The summed E-state index contributed by atoms with van der Waals surface area (Å²) >= 11 is 1.23. The van der Waals surface area contributed by atoms with Gasteiger partial charge in [-0.05, 0) is 44.9 Å². The zero-order valence-corrected chi connectivity index (χ0v) is 16.0. The van der Waals surface area contributed by atoms with E-state index >= 15 is 0 Å². The van der Waals surface area contributed by atoms with Crippen molar-refractivity contribution in [3.8, 4) is 0 Å². The molecule has 0 radical (unpaired) electrons. The maximum absolute atomic E-state index is 13.3. The fourth-order valence-electron chi connectivity index (χ4n) is 4.86. The second kappa shape index (κ2) is 5.14. The fraction of sp³-hybridized carbons (Fsp3) is 0.474. The van der Waals surface area contributed by atoms with Gasteiger partial charge in [0.25, 0.3) is 0 Å². The van der Waals surface area contributed by atoms with Gasteiger partial charge in [0.2, 0.25) is 11.8 Å². The Kier molecular flexibility index (Phi) is 3.20. The molecule has 1 unspecified atom stereocenters. The Labute approximate surface area is 159 Å². The van der Waals surface area contributed by atoms with Crippen LogP contribution < -0.4 is 4.90 Å². The minimum atomic E-state index is -0.859. The number of hydrogen-bond acceptors (Lipinski definition) is 7. The largest absolute Gasteiger partial charge is 0.465 e. The number of aromatic nitrogens is 1. The Morgan fingerprint density at radius 1 is 1.22 bits per heavy atom. The summed E-state index contributed by atoms with van der Waals surface area (Å²) in [5.41, 5.74) is -0.680. The molecule has 8 heteroatoms. The molecule has 2 amide bonds. The van der Waals surface area contributed by atoms with Crippen molar-refractivity contribution in [2.24, 2.45) is 10.8 Å².